The first-order valence-corrected chi connectivity index (χ1v) is 4.32. The van der Waals surface area contributed by atoms with E-state index in [0.717, 1.165) is 12.8 Å². The third kappa shape index (κ3) is 7.11. The van der Waals surface area contributed by atoms with Crippen LogP contribution in [-0.4, -0.2) is 37.4 Å². The van der Waals surface area contributed by atoms with Crippen LogP contribution in [0.2, 0.25) is 0 Å². The van der Waals surface area contributed by atoms with Gasteiger partial charge in [-0.25, -0.2) is 4.79 Å². The second-order valence-corrected chi connectivity index (χ2v) is 3.11. The normalized spacial score (nSPS) is 9.38. The van der Waals surface area contributed by atoms with E-state index < -0.39 is 0 Å². The van der Waals surface area contributed by atoms with Crippen LogP contribution < -0.4 is 11.1 Å². The number of amides is 2. The lowest BCUT2D eigenvalue weighted by atomic mass is 10.2. The number of carbonyl (C=O) groups is 1. The Morgan fingerprint density at radius 2 is 2.08 bits per heavy atom. The van der Waals surface area contributed by atoms with E-state index in [4.69, 9.17) is 11.1 Å². The number of rotatable bonds is 5. The molecule has 76 valence electrons. The summed E-state index contributed by atoms with van der Waals surface area (Å²) in [4.78, 5) is 12.5. The summed E-state index contributed by atoms with van der Waals surface area (Å²) in [5.41, 5.74) is 5.17. The third-order valence-electron chi connectivity index (χ3n) is 1.56. The SMILES string of the molecule is CN(C)C(=O)NCCCCC(=N)N. The largest absolute Gasteiger partial charge is 0.388 e. The lowest BCUT2D eigenvalue weighted by molar-refractivity contribution is 0.217. The van der Waals surface area contributed by atoms with Crippen LogP contribution in [0.15, 0.2) is 0 Å². The molecule has 0 aliphatic carbocycles. The molecule has 0 saturated carbocycles. The number of nitrogens with one attached hydrogen (secondary N) is 2. The molecule has 5 heteroatoms. The number of nitrogens with zero attached hydrogens (tertiary/aromatic N) is 1. The number of urea groups is 1. The zero-order valence-electron chi connectivity index (χ0n) is 8.26. The van der Waals surface area contributed by atoms with Crippen molar-refractivity contribution in [3.05, 3.63) is 0 Å². The van der Waals surface area contributed by atoms with Gasteiger partial charge >= 0.3 is 6.03 Å². The van der Waals surface area contributed by atoms with Crippen LogP contribution in [0.25, 0.3) is 0 Å². The smallest absolute Gasteiger partial charge is 0.316 e. The summed E-state index contributed by atoms with van der Waals surface area (Å²) in [6, 6.07) is -0.0807. The Kier molecular flexibility index (Phi) is 5.67. The summed E-state index contributed by atoms with van der Waals surface area (Å²) in [5.74, 6) is 0.207. The van der Waals surface area contributed by atoms with Crippen molar-refractivity contribution in [1.82, 2.24) is 10.2 Å². The molecule has 0 spiro atoms. The van der Waals surface area contributed by atoms with E-state index in [1.54, 1.807) is 14.1 Å². The number of carbonyl (C=O) groups excluding carboxylic acids is 1. The van der Waals surface area contributed by atoms with Crippen LogP contribution in [-0.2, 0) is 0 Å². The van der Waals surface area contributed by atoms with Gasteiger partial charge in [-0.3, -0.25) is 5.41 Å². The van der Waals surface area contributed by atoms with Crippen molar-refractivity contribution in [2.75, 3.05) is 20.6 Å². The minimum absolute atomic E-state index is 0.0807. The van der Waals surface area contributed by atoms with Gasteiger partial charge in [0.05, 0.1) is 5.84 Å². The Morgan fingerprint density at radius 1 is 1.46 bits per heavy atom. The molecule has 0 bridgehead atoms. The molecule has 0 aromatic heterocycles. The van der Waals surface area contributed by atoms with Crippen molar-refractivity contribution >= 4 is 11.9 Å². The average molecular weight is 186 g/mol. The molecule has 2 amide bonds. The van der Waals surface area contributed by atoms with Crippen LogP contribution in [0, 0.1) is 5.41 Å². The zero-order valence-corrected chi connectivity index (χ0v) is 8.26. The molecule has 0 radical (unpaired) electrons. The molecule has 13 heavy (non-hydrogen) atoms. The first-order valence-electron chi connectivity index (χ1n) is 4.32. The van der Waals surface area contributed by atoms with E-state index >= 15 is 0 Å². The highest BCUT2D eigenvalue weighted by Gasteiger charge is 2.00. The van der Waals surface area contributed by atoms with E-state index in [9.17, 15) is 4.79 Å². The van der Waals surface area contributed by atoms with Crippen LogP contribution in [0.5, 0.6) is 0 Å². The van der Waals surface area contributed by atoms with Crippen LogP contribution in [0.1, 0.15) is 19.3 Å². The Morgan fingerprint density at radius 3 is 2.54 bits per heavy atom. The zero-order chi connectivity index (χ0) is 10.3. The predicted octanol–water partition coefficient (Wildman–Crippen LogP) is 0.364. The van der Waals surface area contributed by atoms with Crippen molar-refractivity contribution in [3.63, 3.8) is 0 Å². The van der Waals surface area contributed by atoms with Crippen LogP contribution in [0.3, 0.4) is 0 Å². The molecule has 0 saturated heterocycles. The number of hydrogen-bond acceptors (Lipinski definition) is 2. The number of hydrogen-bond donors (Lipinski definition) is 3. The summed E-state index contributed by atoms with van der Waals surface area (Å²) in [5, 5.41) is 9.70. The van der Waals surface area contributed by atoms with E-state index in [1.165, 1.54) is 4.90 Å². The van der Waals surface area contributed by atoms with Gasteiger partial charge in [0.2, 0.25) is 0 Å². The highest BCUT2D eigenvalue weighted by atomic mass is 16.2. The second kappa shape index (κ2) is 6.28. The summed E-state index contributed by atoms with van der Waals surface area (Å²) in [7, 11) is 3.40. The molecule has 0 fully saturated rings. The summed E-state index contributed by atoms with van der Waals surface area (Å²) >= 11 is 0. The molecule has 0 heterocycles. The molecule has 0 aromatic carbocycles. The van der Waals surface area contributed by atoms with Crippen molar-refractivity contribution in [1.29, 1.82) is 5.41 Å². The Bertz CT molecular complexity index is 179. The number of amidine groups is 1. The predicted molar refractivity (Wildman–Crippen MR) is 52.9 cm³/mol. The van der Waals surface area contributed by atoms with Crippen molar-refractivity contribution < 1.29 is 4.79 Å². The maximum Gasteiger partial charge on any atom is 0.316 e. The summed E-state index contributed by atoms with van der Waals surface area (Å²) in [6.45, 7) is 0.643. The van der Waals surface area contributed by atoms with Crippen LogP contribution in [0.4, 0.5) is 4.79 Å². The van der Waals surface area contributed by atoms with Gasteiger partial charge in [0.25, 0.3) is 0 Å². The molecule has 4 N–H and O–H groups in total. The Labute approximate surface area is 78.8 Å². The fourth-order valence-corrected chi connectivity index (χ4v) is 0.794. The average Bonchev–Trinajstić information content (AvgIpc) is 2.02. The van der Waals surface area contributed by atoms with Gasteiger partial charge in [0.1, 0.15) is 0 Å². The lowest BCUT2D eigenvalue weighted by Crippen LogP contribution is -2.35. The molecule has 0 aliphatic rings. The molecular weight excluding hydrogens is 168 g/mol. The van der Waals surface area contributed by atoms with Crippen molar-refractivity contribution in [2.24, 2.45) is 5.73 Å². The fraction of sp³-hybridized carbons (Fsp3) is 0.750. The fourth-order valence-electron chi connectivity index (χ4n) is 0.794. The van der Waals surface area contributed by atoms with E-state index in [-0.39, 0.29) is 11.9 Å². The van der Waals surface area contributed by atoms with Gasteiger partial charge < -0.3 is 16.0 Å². The van der Waals surface area contributed by atoms with Crippen molar-refractivity contribution in [2.45, 2.75) is 19.3 Å². The standard InChI is InChI=1S/C8H18N4O/c1-12(2)8(13)11-6-4-3-5-7(9)10/h3-6H2,1-2H3,(H3,9,10)(H,11,13). The second-order valence-electron chi connectivity index (χ2n) is 3.11. The van der Waals surface area contributed by atoms with E-state index in [2.05, 4.69) is 5.32 Å². The first kappa shape index (κ1) is 11.7. The maximum atomic E-state index is 11.0. The van der Waals surface area contributed by atoms with Crippen LogP contribution >= 0.6 is 0 Å². The maximum absolute atomic E-state index is 11.0. The minimum Gasteiger partial charge on any atom is -0.388 e. The summed E-state index contributed by atoms with van der Waals surface area (Å²) < 4.78 is 0. The van der Waals surface area contributed by atoms with Crippen molar-refractivity contribution in [3.8, 4) is 0 Å². The lowest BCUT2D eigenvalue weighted by Gasteiger charge is -2.11. The van der Waals surface area contributed by atoms with E-state index in [0.29, 0.717) is 13.0 Å². The van der Waals surface area contributed by atoms with Gasteiger partial charge in [-0.1, -0.05) is 0 Å². The Balaban J connectivity index is 3.26. The molecule has 5 nitrogen and oxygen atoms in total. The minimum atomic E-state index is -0.0807. The molecule has 0 rings (SSSR count). The van der Waals surface area contributed by atoms with Gasteiger partial charge in [0, 0.05) is 27.1 Å². The number of nitrogens with two attached hydrogens (primary N) is 1. The molecule has 0 aliphatic heterocycles. The van der Waals surface area contributed by atoms with E-state index in [1.807, 2.05) is 0 Å². The molecule has 0 unspecified atom stereocenters. The first-order chi connectivity index (χ1) is 6.04. The Hall–Kier alpha value is -1.26. The molecule has 0 atom stereocenters. The summed E-state index contributed by atoms with van der Waals surface area (Å²) in [6.07, 6.45) is 2.32. The van der Waals surface area contributed by atoms with Gasteiger partial charge in [0.15, 0.2) is 0 Å². The monoisotopic (exact) mass is 186 g/mol. The molecule has 0 aromatic rings. The highest BCUT2D eigenvalue weighted by Crippen LogP contribution is 1.92. The topological polar surface area (TPSA) is 82.2 Å². The van der Waals surface area contributed by atoms with Gasteiger partial charge in [-0.05, 0) is 12.8 Å². The highest BCUT2D eigenvalue weighted by molar-refractivity contribution is 5.76. The number of unbranched alkanes of at least 4 members (excludes halogenated alkanes) is 1. The molecular formula is C8H18N4O. The third-order valence-corrected chi connectivity index (χ3v) is 1.56. The quantitative estimate of drug-likeness (QED) is 0.329. The van der Waals surface area contributed by atoms with Gasteiger partial charge in [-0.2, -0.15) is 0 Å². The van der Waals surface area contributed by atoms with Gasteiger partial charge in [-0.15, -0.1) is 0 Å².